The average Bonchev–Trinajstić information content (AvgIpc) is 3.09. The molecule has 0 aliphatic heterocycles. The number of hydrogen-bond donors (Lipinski definition) is 1. The van der Waals surface area contributed by atoms with E-state index in [9.17, 15) is 9.59 Å². The first-order valence-electron chi connectivity index (χ1n) is 8.88. The topological polar surface area (TPSA) is 73.2 Å². The SMILES string of the molecule is CCOC(=O)c1sc2c(ccc(=O)n2-c2ccccc2)c1Nc1cccnc1Cl. The molecule has 146 valence electrons. The summed E-state index contributed by atoms with van der Waals surface area (Å²) in [7, 11) is 0. The van der Waals surface area contributed by atoms with E-state index in [0.717, 1.165) is 0 Å². The maximum Gasteiger partial charge on any atom is 0.350 e. The summed E-state index contributed by atoms with van der Waals surface area (Å²) in [6.07, 6.45) is 1.58. The number of esters is 1. The predicted molar refractivity (Wildman–Crippen MR) is 116 cm³/mol. The van der Waals surface area contributed by atoms with E-state index in [1.54, 1.807) is 35.9 Å². The number of para-hydroxylation sites is 1. The molecule has 1 aromatic carbocycles. The fraction of sp³-hybridized carbons (Fsp3) is 0.0952. The quantitative estimate of drug-likeness (QED) is 0.359. The van der Waals surface area contributed by atoms with Crippen LogP contribution in [0.1, 0.15) is 16.6 Å². The van der Waals surface area contributed by atoms with Crippen molar-refractivity contribution in [2.24, 2.45) is 0 Å². The molecule has 0 amide bonds. The van der Waals surface area contributed by atoms with Crippen molar-refractivity contribution in [1.82, 2.24) is 9.55 Å². The van der Waals surface area contributed by atoms with Crippen LogP contribution >= 0.6 is 22.9 Å². The summed E-state index contributed by atoms with van der Waals surface area (Å²) in [6, 6.07) is 16.0. The van der Waals surface area contributed by atoms with E-state index in [2.05, 4.69) is 10.3 Å². The minimum atomic E-state index is -0.469. The molecule has 0 saturated carbocycles. The van der Waals surface area contributed by atoms with E-state index in [-0.39, 0.29) is 17.3 Å². The molecule has 0 unspecified atom stereocenters. The van der Waals surface area contributed by atoms with Crippen LogP contribution in [0.5, 0.6) is 0 Å². The summed E-state index contributed by atoms with van der Waals surface area (Å²) in [5, 5.41) is 4.19. The molecule has 0 bridgehead atoms. The Labute approximate surface area is 175 Å². The molecule has 4 rings (SSSR count). The Balaban J connectivity index is 1.98. The molecule has 0 radical (unpaired) electrons. The second kappa shape index (κ2) is 8.06. The summed E-state index contributed by atoms with van der Waals surface area (Å²) in [6.45, 7) is 1.99. The van der Waals surface area contributed by atoms with Gasteiger partial charge in [0.2, 0.25) is 0 Å². The molecular weight excluding hydrogens is 410 g/mol. The van der Waals surface area contributed by atoms with Gasteiger partial charge >= 0.3 is 5.97 Å². The molecule has 1 N–H and O–H groups in total. The number of aromatic nitrogens is 2. The zero-order valence-electron chi connectivity index (χ0n) is 15.4. The van der Waals surface area contributed by atoms with Gasteiger partial charge in [-0.05, 0) is 37.3 Å². The molecule has 4 aromatic rings. The van der Waals surface area contributed by atoms with Gasteiger partial charge in [0.1, 0.15) is 9.71 Å². The van der Waals surface area contributed by atoms with Crippen LogP contribution in [-0.4, -0.2) is 22.1 Å². The second-order valence-electron chi connectivity index (χ2n) is 6.05. The number of nitrogens with one attached hydrogen (secondary N) is 1. The predicted octanol–water partition coefficient (Wildman–Crippen LogP) is 5.02. The van der Waals surface area contributed by atoms with Gasteiger partial charge in [-0.25, -0.2) is 9.78 Å². The lowest BCUT2D eigenvalue weighted by atomic mass is 10.2. The van der Waals surface area contributed by atoms with Gasteiger partial charge in [-0.2, -0.15) is 0 Å². The standard InChI is InChI=1S/C21H16ClN3O3S/c1-2-28-21(27)18-17(24-15-9-6-12-23-19(15)22)14-10-11-16(26)25(20(14)29-18)13-7-4-3-5-8-13/h3-12,24H,2H2,1H3. The molecule has 0 fully saturated rings. The lowest BCUT2D eigenvalue weighted by molar-refractivity contribution is 0.0533. The zero-order chi connectivity index (χ0) is 20.4. The number of rotatable bonds is 5. The van der Waals surface area contributed by atoms with Crippen LogP contribution in [0, 0.1) is 0 Å². The van der Waals surface area contributed by atoms with Gasteiger partial charge in [0, 0.05) is 17.6 Å². The summed E-state index contributed by atoms with van der Waals surface area (Å²) in [4.78, 5) is 30.4. The van der Waals surface area contributed by atoms with Crippen molar-refractivity contribution >= 4 is 50.5 Å². The summed E-state index contributed by atoms with van der Waals surface area (Å²) >= 11 is 7.39. The van der Waals surface area contributed by atoms with Crippen molar-refractivity contribution in [3.05, 3.63) is 81.2 Å². The first kappa shape index (κ1) is 19.2. The van der Waals surface area contributed by atoms with Crippen LogP contribution in [0.4, 0.5) is 11.4 Å². The number of nitrogens with zero attached hydrogens (tertiary/aromatic N) is 2. The number of fused-ring (bicyclic) bond motifs is 1. The van der Waals surface area contributed by atoms with Gasteiger partial charge in [0.25, 0.3) is 5.56 Å². The molecule has 0 atom stereocenters. The molecule has 6 nitrogen and oxygen atoms in total. The third-order valence-electron chi connectivity index (χ3n) is 4.24. The molecule has 29 heavy (non-hydrogen) atoms. The Morgan fingerprint density at radius 2 is 1.97 bits per heavy atom. The Morgan fingerprint density at radius 1 is 1.17 bits per heavy atom. The zero-order valence-corrected chi connectivity index (χ0v) is 17.0. The molecule has 0 aliphatic carbocycles. The van der Waals surface area contributed by atoms with Crippen LogP contribution in [0.2, 0.25) is 5.15 Å². The molecule has 3 heterocycles. The average molecular weight is 426 g/mol. The van der Waals surface area contributed by atoms with Gasteiger partial charge in [0.05, 0.1) is 23.7 Å². The Kier molecular flexibility index (Phi) is 5.33. The second-order valence-corrected chi connectivity index (χ2v) is 7.41. The summed E-state index contributed by atoms with van der Waals surface area (Å²) in [5.74, 6) is -0.469. The van der Waals surface area contributed by atoms with Gasteiger partial charge in [0.15, 0.2) is 5.15 Å². The normalized spacial score (nSPS) is 10.8. The third-order valence-corrected chi connectivity index (χ3v) is 5.71. The van der Waals surface area contributed by atoms with Crippen LogP contribution in [0.3, 0.4) is 0 Å². The first-order chi connectivity index (χ1) is 14.1. The van der Waals surface area contributed by atoms with Gasteiger partial charge in [-0.15, -0.1) is 11.3 Å². The molecule has 0 aliphatic rings. The van der Waals surface area contributed by atoms with Crippen LogP contribution in [0.15, 0.2) is 65.6 Å². The van der Waals surface area contributed by atoms with Crippen molar-refractivity contribution in [2.75, 3.05) is 11.9 Å². The highest BCUT2D eigenvalue weighted by molar-refractivity contribution is 7.21. The Bertz CT molecular complexity index is 1250. The number of ether oxygens (including phenoxy) is 1. The van der Waals surface area contributed by atoms with E-state index in [4.69, 9.17) is 16.3 Å². The number of pyridine rings is 2. The minimum Gasteiger partial charge on any atom is -0.462 e. The minimum absolute atomic E-state index is 0.189. The van der Waals surface area contributed by atoms with Gasteiger partial charge < -0.3 is 10.1 Å². The Hall–Kier alpha value is -3.16. The highest BCUT2D eigenvalue weighted by Gasteiger charge is 2.23. The number of carbonyl (C=O) groups is 1. The van der Waals surface area contributed by atoms with Crippen molar-refractivity contribution in [2.45, 2.75) is 6.92 Å². The summed E-state index contributed by atoms with van der Waals surface area (Å²) < 4.78 is 6.82. The number of thiophene rings is 1. The van der Waals surface area contributed by atoms with Crippen LogP contribution in [0.25, 0.3) is 15.9 Å². The van der Waals surface area contributed by atoms with Crippen LogP contribution < -0.4 is 10.9 Å². The number of halogens is 1. The van der Waals surface area contributed by atoms with E-state index in [1.807, 2.05) is 30.3 Å². The number of hydrogen-bond acceptors (Lipinski definition) is 6. The number of benzene rings is 1. The van der Waals surface area contributed by atoms with E-state index in [0.29, 0.717) is 32.2 Å². The number of carbonyl (C=O) groups excluding carboxylic acids is 1. The van der Waals surface area contributed by atoms with Crippen molar-refractivity contribution in [3.8, 4) is 5.69 Å². The smallest absolute Gasteiger partial charge is 0.350 e. The maximum atomic E-state index is 12.7. The highest BCUT2D eigenvalue weighted by atomic mass is 35.5. The first-order valence-corrected chi connectivity index (χ1v) is 10.1. The molecular formula is C21H16ClN3O3S. The van der Waals surface area contributed by atoms with Crippen molar-refractivity contribution < 1.29 is 9.53 Å². The van der Waals surface area contributed by atoms with Crippen molar-refractivity contribution in [1.29, 1.82) is 0 Å². The largest absolute Gasteiger partial charge is 0.462 e. The lowest BCUT2D eigenvalue weighted by Gasteiger charge is -2.10. The van der Waals surface area contributed by atoms with Gasteiger partial charge in [-0.1, -0.05) is 29.8 Å². The Morgan fingerprint density at radius 3 is 2.69 bits per heavy atom. The van der Waals surface area contributed by atoms with Crippen molar-refractivity contribution in [3.63, 3.8) is 0 Å². The molecule has 0 spiro atoms. The fourth-order valence-electron chi connectivity index (χ4n) is 2.98. The van der Waals surface area contributed by atoms with E-state index < -0.39 is 5.97 Å². The third kappa shape index (κ3) is 3.62. The molecule has 0 saturated heterocycles. The number of anilines is 2. The monoisotopic (exact) mass is 425 g/mol. The highest BCUT2D eigenvalue weighted by Crippen LogP contribution is 2.39. The van der Waals surface area contributed by atoms with Gasteiger partial charge in [-0.3, -0.25) is 9.36 Å². The molecule has 8 heteroatoms. The molecule has 3 aromatic heterocycles. The van der Waals surface area contributed by atoms with E-state index >= 15 is 0 Å². The maximum absolute atomic E-state index is 12.7. The lowest BCUT2D eigenvalue weighted by Crippen LogP contribution is -2.16. The van der Waals surface area contributed by atoms with E-state index in [1.165, 1.54) is 17.4 Å². The van der Waals surface area contributed by atoms with Crippen LogP contribution in [-0.2, 0) is 4.74 Å². The fourth-order valence-corrected chi connectivity index (χ4v) is 4.31. The summed E-state index contributed by atoms with van der Waals surface area (Å²) in [5.41, 5.74) is 1.61.